The predicted octanol–water partition coefficient (Wildman–Crippen LogP) is 5.02. The van der Waals surface area contributed by atoms with E-state index in [1.54, 1.807) is 6.92 Å². The van der Waals surface area contributed by atoms with Gasteiger partial charge in [-0.15, -0.1) is 0 Å². The molecule has 1 unspecified atom stereocenters. The van der Waals surface area contributed by atoms with Crippen LogP contribution in [0.5, 0.6) is 0 Å². The Morgan fingerprint density at radius 3 is 2.10 bits per heavy atom. The van der Waals surface area contributed by atoms with Crippen LogP contribution in [-0.2, 0) is 20.5 Å². The Morgan fingerprint density at radius 1 is 1.06 bits per heavy atom. The van der Waals surface area contributed by atoms with Crippen molar-refractivity contribution in [2.75, 3.05) is 11.9 Å². The van der Waals surface area contributed by atoms with Gasteiger partial charge >= 0.3 is 30.1 Å². The molecule has 0 fully saturated rings. The topological polar surface area (TPSA) is 89.0 Å². The van der Waals surface area contributed by atoms with Gasteiger partial charge in [0.05, 0.1) is 12.2 Å². The van der Waals surface area contributed by atoms with Crippen LogP contribution in [0.4, 0.5) is 36.8 Å². The van der Waals surface area contributed by atoms with Gasteiger partial charge in [0.2, 0.25) is 0 Å². The Hall–Kier alpha value is -2.70. The maximum absolute atomic E-state index is 13.8. The summed E-state index contributed by atoms with van der Waals surface area (Å²) in [7, 11) is 0. The minimum Gasteiger partial charge on any atom is -0.461 e. The number of alkyl halides is 6. The van der Waals surface area contributed by atoms with Crippen LogP contribution in [-0.4, -0.2) is 35.7 Å². The number of anilines is 1. The highest BCUT2D eigenvalue weighted by Crippen LogP contribution is 2.34. The zero-order valence-corrected chi connectivity index (χ0v) is 16.9. The van der Waals surface area contributed by atoms with Gasteiger partial charge in [-0.05, 0) is 37.6 Å². The summed E-state index contributed by atoms with van der Waals surface area (Å²) >= 11 is 5.62. The zero-order valence-electron chi connectivity index (χ0n) is 16.2. The van der Waals surface area contributed by atoms with Crippen molar-refractivity contribution in [2.45, 2.75) is 44.8 Å². The van der Waals surface area contributed by atoms with Crippen LogP contribution in [0.3, 0.4) is 0 Å². The van der Waals surface area contributed by atoms with Crippen LogP contribution in [0.2, 0.25) is 0 Å². The minimum absolute atomic E-state index is 0.0239. The lowest BCUT2D eigenvalue weighted by Gasteiger charge is -2.31. The van der Waals surface area contributed by atoms with Crippen LogP contribution in [0.25, 0.3) is 0 Å². The first-order chi connectivity index (χ1) is 14.3. The number of rotatable bonds is 8. The lowest BCUT2D eigenvalue weighted by atomic mass is 10.2. The molecular formula is C17H18ClF6N3O4. The molecule has 2 N–H and O–H groups in total. The number of esters is 1. The molecule has 2 amide bonds. The molecule has 0 bridgehead atoms. The molecule has 174 valence electrons. The van der Waals surface area contributed by atoms with Gasteiger partial charge in [0.25, 0.3) is 0 Å². The van der Waals surface area contributed by atoms with E-state index in [9.17, 15) is 35.9 Å². The number of carbonyl (C=O) groups excluding carboxylic acids is 2. The smallest absolute Gasteiger partial charge is 0.461 e. The first kappa shape index (κ1) is 26.3. The lowest BCUT2D eigenvalue weighted by molar-refractivity contribution is -0.284. The maximum atomic E-state index is 13.8. The molecule has 1 aromatic carbocycles. The maximum Gasteiger partial charge on any atom is 0.463 e. The number of ether oxygens (including phenoxy) is 1. The van der Waals surface area contributed by atoms with Crippen LogP contribution in [0, 0.1) is 0 Å². The summed E-state index contributed by atoms with van der Waals surface area (Å²) in [5, 5.41) is 5.79. The van der Waals surface area contributed by atoms with Gasteiger partial charge in [-0.3, -0.25) is 5.32 Å². The highest BCUT2D eigenvalue weighted by Gasteiger charge is 2.67. The van der Waals surface area contributed by atoms with E-state index < -0.39 is 47.4 Å². The van der Waals surface area contributed by atoms with E-state index >= 15 is 0 Å². The monoisotopic (exact) mass is 477 g/mol. The second kappa shape index (κ2) is 10.6. The summed E-state index contributed by atoms with van der Waals surface area (Å²) in [6.45, 7) is 2.37. The second-order valence-electron chi connectivity index (χ2n) is 5.86. The summed E-state index contributed by atoms with van der Waals surface area (Å²) < 4.78 is 83.4. The fourth-order valence-corrected chi connectivity index (χ4v) is 2.24. The number of urea groups is 1. The fraction of sp³-hybridized carbons (Fsp3) is 0.471. The molecule has 0 saturated heterocycles. The van der Waals surface area contributed by atoms with Crippen molar-refractivity contribution in [2.24, 2.45) is 5.16 Å². The van der Waals surface area contributed by atoms with Gasteiger partial charge in [-0.1, -0.05) is 23.7 Å². The highest BCUT2D eigenvalue weighted by molar-refractivity contribution is 6.65. The Balaban J connectivity index is 3.18. The highest BCUT2D eigenvalue weighted by atomic mass is 35.5. The van der Waals surface area contributed by atoms with Crippen molar-refractivity contribution < 1.29 is 45.5 Å². The number of halogens is 7. The molecule has 0 aliphatic rings. The summed E-state index contributed by atoms with van der Waals surface area (Å²) in [5.41, 5.74) is -5.40. The average Bonchev–Trinajstić information content (AvgIpc) is 2.64. The molecule has 1 rings (SSSR count). The van der Waals surface area contributed by atoms with E-state index in [1.165, 1.54) is 12.2 Å². The quantitative estimate of drug-likeness (QED) is 0.181. The van der Waals surface area contributed by atoms with E-state index in [0.717, 1.165) is 12.1 Å². The third kappa shape index (κ3) is 7.19. The van der Waals surface area contributed by atoms with Gasteiger partial charge < -0.3 is 14.9 Å². The van der Waals surface area contributed by atoms with Crippen molar-refractivity contribution in [1.29, 1.82) is 0 Å². The van der Waals surface area contributed by atoms with Gasteiger partial charge in [-0.25, -0.2) is 9.59 Å². The van der Waals surface area contributed by atoms with E-state index in [2.05, 4.69) is 14.7 Å². The van der Waals surface area contributed by atoms with Crippen molar-refractivity contribution in [3.63, 3.8) is 0 Å². The van der Waals surface area contributed by atoms with Crippen LogP contribution >= 0.6 is 11.6 Å². The number of amides is 2. The zero-order chi connectivity index (χ0) is 23.9. The number of oxime groups is 1. The number of benzene rings is 1. The summed E-state index contributed by atoms with van der Waals surface area (Å²) in [6.07, 6.45) is -9.79. The molecular weight excluding hydrogens is 460 g/mol. The Kier molecular flexibility index (Phi) is 8.97. The first-order valence-electron chi connectivity index (χ1n) is 8.67. The third-order valence-corrected chi connectivity index (χ3v) is 3.72. The molecule has 0 aliphatic carbocycles. The van der Waals surface area contributed by atoms with Gasteiger partial charge in [0.15, 0.2) is 0 Å². The van der Waals surface area contributed by atoms with E-state index in [-0.39, 0.29) is 12.1 Å². The molecule has 1 atom stereocenters. The van der Waals surface area contributed by atoms with Crippen molar-refractivity contribution in [1.82, 2.24) is 5.32 Å². The SMILES string of the molecule is CCC/C(Cl)=N\OC(NC(=O)Nc1ccc(C(F)(F)F)cc1)(C(=O)OCC)C(F)(F)F. The van der Waals surface area contributed by atoms with E-state index in [4.69, 9.17) is 11.6 Å². The number of nitrogens with zero attached hydrogens (tertiary/aromatic N) is 1. The molecule has 1 aromatic rings. The molecule has 14 heteroatoms. The predicted molar refractivity (Wildman–Crippen MR) is 98.3 cm³/mol. The molecule has 0 aliphatic heterocycles. The molecule has 0 spiro atoms. The number of nitrogens with one attached hydrogen (secondary N) is 2. The fourth-order valence-electron chi connectivity index (χ4n) is 2.02. The van der Waals surface area contributed by atoms with Crippen molar-refractivity contribution >= 4 is 34.5 Å². The first-order valence-corrected chi connectivity index (χ1v) is 9.05. The molecule has 7 nitrogen and oxygen atoms in total. The molecule has 0 heterocycles. The van der Waals surface area contributed by atoms with E-state index in [1.807, 2.05) is 5.32 Å². The largest absolute Gasteiger partial charge is 0.463 e. The minimum atomic E-state index is -5.55. The Bertz CT molecular complexity index is 799. The Labute approximate surface area is 177 Å². The number of carbonyl (C=O) groups is 2. The number of hydrogen-bond donors (Lipinski definition) is 2. The molecule has 0 saturated carbocycles. The molecule has 0 aromatic heterocycles. The summed E-state index contributed by atoms with van der Waals surface area (Å²) in [6, 6.07) is 1.18. The average molecular weight is 478 g/mol. The third-order valence-electron chi connectivity index (χ3n) is 3.46. The van der Waals surface area contributed by atoms with Crippen LogP contribution < -0.4 is 10.6 Å². The molecule has 0 radical (unpaired) electrons. The van der Waals surface area contributed by atoms with Crippen LogP contribution in [0.15, 0.2) is 29.4 Å². The summed E-state index contributed by atoms with van der Waals surface area (Å²) in [5.74, 6) is -2.03. The lowest BCUT2D eigenvalue weighted by Crippen LogP contribution is -2.66. The van der Waals surface area contributed by atoms with Gasteiger partial charge in [0.1, 0.15) is 5.17 Å². The normalized spacial score (nSPS) is 14.4. The van der Waals surface area contributed by atoms with Crippen molar-refractivity contribution in [3.8, 4) is 0 Å². The van der Waals surface area contributed by atoms with Crippen LogP contribution in [0.1, 0.15) is 32.3 Å². The van der Waals surface area contributed by atoms with E-state index in [0.29, 0.717) is 18.6 Å². The molecule has 31 heavy (non-hydrogen) atoms. The second-order valence-corrected chi connectivity index (χ2v) is 6.30. The van der Waals surface area contributed by atoms with Gasteiger partial charge in [0, 0.05) is 12.1 Å². The summed E-state index contributed by atoms with van der Waals surface area (Å²) in [4.78, 5) is 28.5. The van der Waals surface area contributed by atoms with Crippen molar-refractivity contribution in [3.05, 3.63) is 29.8 Å². The van der Waals surface area contributed by atoms with Gasteiger partial charge in [-0.2, -0.15) is 26.3 Å². The number of hydrogen-bond acceptors (Lipinski definition) is 5. The Morgan fingerprint density at radius 2 is 1.65 bits per heavy atom. The standard InChI is InChI=1S/C17H18ClF6N3O4/c1-3-5-12(18)27-31-15(17(22,23)24,13(28)30-4-2)26-14(29)25-11-8-6-10(7-9-11)16(19,20)21/h6-9H,3-5H2,1-2H3,(H2,25,26,29)/b27-12+.